The third-order valence-electron chi connectivity index (χ3n) is 6.91. The van der Waals surface area contributed by atoms with Crippen molar-refractivity contribution >= 4 is 5.91 Å². The molecule has 2 aliphatic carbocycles. The molecule has 1 amide bonds. The minimum Gasteiger partial charge on any atom is -0.361 e. The van der Waals surface area contributed by atoms with E-state index in [-0.39, 0.29) is 11.3 Å². The van der Waals surface area contributed by atoms with Gasteiger partial charge in [0.15, 0.2) is 5.82 Å². The van der Waals surface area contributed by atoms with E-state index in [0.29, 0.717) is 24.7 Å². The zero-order valence-electron chi connectivity index (χ0n) is 16.1. The van der Waals surface area contributed by atoms with Crippen LogP contribution in [-0.2, 0) is 11.2 Å². The van der Waals surface area contributed by atoms with Crippen molar-refractivity contribution in [3.8, 4) is 0 Å². The maximum atomic E-state index is 12.9. The predicted octanol–water partition coefficient (Wildman–Crippen LogP) is 3.02. The molecule has 7 nitrogen and oxygen atoms in total. The van der Waals surface area contributed by atoms with E-state index < -0.39 is 0 Å². The second-order valence-corrected chi connectivity index (χ2v) is 8.70. The van der Waals surface area contributed by atoms with Crippen molar-refractivity contribution in [1.82, 2.24) is 25.2 Å². The highest BCUT2D eigenvalue weighted by Crippen LogP contribution is 2.55. The van der Waals surface area contributed by atoms with Crippen LogP contribution in [0.5, 0.6) is 0 Å². The molecular formula is C20H27N5O2. The summed E-state index contributed by atoms with van der Waals surface area (Å²) in [5.74, 6) is 3.88. The molecule has 3 fully saturated rings. The number of rotatable bonds is 5. The average molecular weight is 369 g/mol. The second kappa shape index (κ2) is 6.17. The van der Waals surface area contributed by atoms with Crippen LogP contribution < -0.4 is 0 Å². The fourth-order valence-corrected chi connectivity index (χ4v) is 4.89. The van der Waals surface area contributed by atoms with Crippen LogP contribution in [0.25, 0.3) is 0 Å². The summed E-state index contributed by atoms with van der Waals surface area (Å²) in [4.78, 5) is 19.8. The number of aromatic nitrogens is 4. The monoisotopic (exact) mass is 369 g/mol. The van der Waals surface area contributed by atoms with Gasteiger partial charge in [0.05, 0.1) is 5.69 Å². The van der Waals surface area contributed by atoms with Crippen LogP contribution in [0.1, 0.15) is 79.0 Å². The zero-order valence-corrected chi connectivity index (χ0v) is 16.1. The Kier molecular flexibility index (Phi) is 3.88. The molecule has 0 aromatic carbocycles. The molecular weight excluding hydrogens is 342 g/mol. The van der Waals surface area contributed by atoms with Crippen molar-refractivity contribution in [1.29, 1.82) is 0 Å². The molecule has 1 unspecified atom stereocenters. The van der Waals surface area contributed by atoms with Gasteiger partial charge in [0, 0.05) is 36.9 Å². The lowest BCUT2D eigenvalue weighted by Crippen LogP contribution is -2.38. The van der Waals surface area contributed by atoms with Gasteiger partial charge in [-0.3, -0.25) is 9.89 Å². The van der Waals surface area contributed by atoms with Crippen LogP contribution >= 0.6 is 0 Å². The van der Waals surface area contributed by atoms with Gasteiger partial charge in [0.1, 0.15) is 11.6 Å². The summed E-state index contributed by atoms with van der Waals surface area (Å²) < 4.78 is 5.22. The summed E-state index contributed by atoms with van der Waals surface area (Å²) in [5, 5.41) is 11.6. The predicted molar refractivity (Wildman–Crippen MR) is 98.3 cm³/mol. The average Bonchev–Trinajstić information content (AvgIpc) is 3.08. The first kappa shape index (κ1) is 17.0. The smallest absolute Gasteiger partial charge is 0.222 e. The van der Waals surface area contributed by atoms with Crippen molar-refractivity contribution < 1.29 is 9.32 Å². The van der Waals surface area contributed by atoms with Gasteiger partial charge in [-0.15, -0.1) is 0 Å². The van der Waals surface area contributed by atoms with Crippen molar-refractivity contribution in [3.63, 3.8) is 0 Å². The Morgan fingerprint density at radius 1 is 1.33 bits per heavy atom. The quantitative estimate of drug-likeness (QED) is 0.875. The Morgan fingerprint density at radius 2 is 2.15 bits per heavy atom. The molecule has 1 aliphatic heterocycles. The van der Waals surface area contributed by atoms with Crippen molar-refractivity contribution in [2.24, 2.45) is 5.41 Å². The Labute approximate surface area is 158 Å². The van der Waals surface area contributed by atoms with E-state index >= 15 is 0 Å². The molecule has 5 rings (SSSR count). The van der Waals surface area contributed by atoms with Crippen molar-refractivity contribution in [2.45, 2.75) is 70.6 Å². The van der Waals surface area contributed by atoms with E-state index in [1.54, 1.807) is 0 Å². The maximum absolute atomic E-state index is 12.9. The number of aromatic amines is 1. The van der Waals surface area contributed by atoms with Gasteiger partial charge in [-0.05, 0) is 51.4 Å². The summed E-state index contributed by atoms with van der Waals surface area (Å²) in [6, 6.07) is 0. The van der Waals surface area contributed by atoms with E-state index in [1.165, 1.54) is 32.1 Å². The Hall–Kier alpha value is -2.18. The second-order valence-electron chi connectivity index (χ2n) is 8.70. The van der Waals surface area contributed by atoms with Gasteiger partial charge in [0.25, 0.3) is 0 Å². The topological polar surface area (TPSA) is 87.9 Å². The van der Waals surface area contributed by atoms with E-state index in [0.717, 1.165) is 41.8 Å². The number of carbonyl (C=O) groups is 1. The molecule has 3 heterocycles. The number of hydrogen-bond acceptors (Lipinski definition) is 5. The molecule has 3 aliphatic rings. The van der Waals surface area contributed by atoms with Gasteiger partial charge in [-0.1, -0.05) is 11.6 Å². The van der Waals surface area contributed by atoms with Crippen LogP contribution in [0.4, 0.5) is 0 Å². The first-order chi connectivity index (χ1) is 13.1. The zero-order chi connectivity index (χ0) is 18.6. The molecule has 2 saturated carbocycles. The number of nitrogens with one attached hydrogen (secondary N) is 1. The number of likely N-dealkylation sites (tertiary alicyclic amines) is 1. The fraction of sp³-hybridized carbons (Fsp3) is 0.700. The number of amides is 1. The molecule has 144 valence electrons. The van der Waals surface area contributed by atoms with Crippen LogP contribution in [-0.4, -0.2) is 44.2 Å². The Morgan fingerprint density at radius 3 is 2.78 bits per heavy atom. The minimum atomic E-state index is 0.207. The summed E-state index contributed by atoms with van der Waals surface area (Å²) in [7, 11) is 0. The summed E-state index contributed by atoms with van der Waals surface area (Å²) in [6.07, 6.45) is 7.24. The molecule has 1 N–H and O–H groups in total. The SMILES string of the molecule is Cc1noc(C)c1CCC(=O)N1CC(c2nc(C3CC3)n[nH]2)C2(CCC2)C1. The largest absolute Gasteiger partial charge is 0.361 e. The van der Waals surface area contributed by atoms with E-state index in [4.69, 9.17) is 9.51 Å². The highest BCUT2D eigenvalue weighted by molar-refractivity contribution is 5.77. The van der Waals surface area contributed by atoms with Gasteiger partial charge in [-0.2, -0.15) is 5.10 Å². The fourth-order valence-electron chi connectivity index (χ4n) is 4.89. The highest BCUT2D eigenvalue weighted by atomic mass is 16.5. The summed E-state index contributed by atoms with van der Waals surface area (Å²) in [6.45, 7) is 5.47. The Balaban J connectivity index is 1.28. The number of H-pyrrole nitrogens is 1. The summed E-state index contributed by atoms with van der Waals surface area (Å²) in [5.41, 5.74) is 2.17. The number of carbonyl (C=O) groups excluding carboxylic acids is 1. The molecule has 2 aromatic rings. The molecule has 2 aromatic heterocycles. The molecule has 0 radical (unpaired) electrons. The third-order valence-corrected chi connectivity index (χ3v) is 6.91. The number of hydrogen-bond donors (Lipinski definition) is 1. The van der Waals surface area contributed by atoms with Gasteiger partial charge in [0.2, 0.25) is 5.91 Å². The minimum absolute atomic E-state index is 0.207. The van der Waals surface area contributed by atoms with Crippen LogP contribution in [0.2, 0.25) is 0 Å². The lowest BCUT2D eigenvalue weighted by atomic mass is 9.62. The first-order valence-electron chi connectivity index (χ1n) is 10.2. The number of nitrogens with zero attached hydrogens (tertiary/aromatic N) is 4. The number of aryl methyl sites for hydroxylation is 2. The lowest BCUT2D eigenvalue weighted by molar-refractivity contribution is -0.130. The summed E-state index contributed by atoms with van der Waals surface area (Å²) >= 11 is 0. The highest BCUT2D eigenvalue weighted by Gasteiger charge is 2.53. The lowest BCUT2D eigenvalue weighted by Gasteiger charge is -2.41. The van der Waals surface area contributed by atoms with Gasteiger partial charge >= 0.3 is 0 Å². The molecule has 27 heavy (non-hydrogen) atoms. The van der Waals surface area contributed by atoms with Crippen LogP contribution in [0, 0.1) is 19.3 Å². The molecule has 1 spiro atoms. The van der Waals surface area contributed by atoms with Gasteiger partial charge < -0.3 is 9.42 Å². The molecule has 0 bridgehead atoms. The van der Waals surface area contributed by atoms with Gasteiger partial charge in [-0.25, -0.2) is 4.98 Å². The van der Waals surface area contributed by atoms with E-state index in [9.17, 15) is 4.79 Å². The van der Waals surface area contributed by atoms with Crippen molar-refractivity contribution in [2.75, 3.05) is 13.1 Å². The molecule has 1 saturated heterocycles. The first-order valence-corrected chi connectivity index (χ1v) is 10.2. The standard InChI is InChI=1S/C20H27N5O2/c1-12-15(13(2)27-24-12)6-7-17(26)25-10-16(20(11-25)8-3-9-20)19-21-18(22-23-19)14-4-5-14/h14,16H,3-11H2,1-2H3,(H,21,22,23). The van der Waals surface area contributed by atoms with E-state index in [1.807, 2.05) is 13.8 Å². The third kappa shape index (κ3) is 2.87. The normalized spacial score (nSPS) is 23.8. The maximum Gasteiger partial charge on any atom is 0.222 e. The van der Waals surface area contributed by atoms with Crippen molar-refractivity contribution in [3.05, 3.63) is 28.7 Å². The molecule has 1 atom stereocenters. The van der Waals surface area contributed by atoms with Crippen LogP contribution in [0.15, 0.2) is 4.52 Å². The van der Waals surface area contributed by atoms with E-state index in [2.05, 4.69) is 20.3 Å². The van der Waals surface area contributed by atoms with Crippen LogP contribution in [0.3, 0.4) is 0 Å². The molecule has 7 heteroatoms. The Bertz CT molecular complexity index is 842.